The molecule has 1 saturated heterocycles. The Hall–Kier alpha value is -1.32. The van der Waals surface area contributed by atoms with Gasteiger partial charge in [0.05, 0.1) is 6.33 Å². The van der Waals surface area contributed by atoms with E-state index in [0.29, 0.717) is 5.92 Å². The highest BCUT2D eigenvalue weighted by atomic mass is 16.2. The van der Waals surface area contributed by atoms with Crippen LogP contribution in [0.25, 0.3) is 0 Å². The lowest BCUT2D eigenvalue weighted by Gasteiger charge is -2.32. The topological polar surface area (TPSA) is 38.1 Å². The van der Waals surface area contributed by atoms with E-state index in [1.807, 2.05) is 29.0 Å². The molecule has 2 rings (SSSR count). The number of carbonyl (C=O) groups is 1. The van der Waals surface area contributed by atoms with Gasteiger partial charge in [-0.1, -0.05) is 0 Å². The number of hydrogen-bond donors (Lipinski definition) is 0. The van der Waals surface area contributed by atoms with E-state index < -0.39 is 0 Å². The summed E-state index contributed by atoms with van der Waals surface area (Å²) in [6.07, 6.45) is 5.98. The quantitative estimate of drug-likeness (QED) is 0.692. The van der Waals surface area contributed by atoms with Gasteiger partial charge in [0.1, 0.15) is 0 Å². The number of rotatable bonds is 1. The van der Waals surface area contributed by atoms with Crippen LogP contribution in [0.5, 0.6) is 0 Å². The molecule has 0 N–H and O–H groups in total. The Bertz CT molecular complexity index is 358. The Morgan fingerprint density at radius 1 is 1.60 bits per heavy atom. The first-order chi connectivity index (χ1) is 7.18. The standard InChI is InChI=1S/C11H17N3O/c1-9(15)14-5-3-4-10(7-14)11-6-12-8-13(11)2/h6,8,10H,3-5,7H2,1-2H3/t10-/m1/s1. The summed E-state index contributed by atoms with van der Waals surface area (Å²) in [5, 5.41) is 0. The molecule has 0 aliphatic carbocycles. The van der Waals surface area contributed by atoms with Crippen molar-refractivity contribution in [1.29, 1.82) is 0 Å². The minimum absolute atomic E-state index is 0.182. The van der Waals surface area contributed by atoms with Gasteiger partial charge in [0, 0.05) is 44.9 Å². The summed E-state index contributed by atoms with van der Waals surface area (Å²) in [5.74, 6) is 0.636. The Kier molecular flexibility index (Phi) is 2.75. The van der Waals surface area contributed by atoms with Crippen LogP contribution in [0, 0.1) is 0 Å². The number of amides is 1. The Labute approximate surface area is 89.9 Å². The molecule has 1 aliphatic heterocycles. The van der Waals surface area contributed by atoms with Crippen molar-refractivity contribution in [3.63, 3.8) is 0 Å². The fraction of sp³-hybridized carbons (Fsp3) is 0.636. The predicted octanol–water partition coefficient (Wildman–Crippen LogP) is 1.15. The van der Waals surface area contributed by atoms with Gasteiger partial charge < -0.3 is 9.47 Å². The van der Waals surface area contributed by atoms with Crippen molar-refractivity contribution in [1.82, 2.24) is 14.5 Å². The average molecular weight is 207 g/mol. The minimum Gasteiger partial charge on any atom is -0.342 e. The second-order valence-corrected chi connectivity index (χ2v) is 4.23. The maximum atomic E-state index is 11.3. The zero-order valence-corrected chi connectivity index (χ0v) is 9.31. The van der Waals surface area contributed by atoms with E-state index in [9.17, 15) is 4.79 Å². The minimum atomic E-state index is 0.182. The van der Waals surface area contributed by atoms with Crippen LogP contribution in [0.2, 0.25) is 0 Å². The molecule has 1 aromatic rings. The van der Waals surface area contributed by atoms with E-state index in [1.54, 1.807) is 6.92 Å². The Morgan fingerprint density at radius 2 is 2.40 bits per heavy atom. The van der Waals surface area contributed by atoms with Crippen molar-refractivity contribution in [2.75, 3.05) is 13.1 Å². The predicted molar refractivity (Wildman–Crippen MR) is 57.4 cm³/mol. The van der Waals surface area contributed by atoms with Crippen LogP contribution < -0.4 is 0 Å². The van der Waals surface area contributed by atoms with Gasteiger partial charge in [-0.15, -0.1) is 0 Å². The summed E-state index contributed by atoms with van der Waals surface area (Å²) < 4.78 is 2.05. The molecule has 1 aromatic heterocycles. The van der Waals surface area contributed by atoms with E-state index in [2.05, 4.69) is 4.98 Å². The molecule has 0 unspecified atom stereocenters. The molecule has 0 spiro atoms. The highest BCUT2D eigenvalue weighted by Gasteiger charge is 2.24. The molecule has 1 atom stereocenters. The molecule has 4 heteroatoms. The van der Waals surface area contributed by atoms with Crippen LogP contribution in [-0.4, -0.2) is 33.4 Å². The smallest absolute Gasteiger partial charge is 0.219 e. The normalized spacial score (nSPS) is 21.7. The zero-order valence-electron chi connectivity index (χ0n) is 9.31. The number of hydrogen-bond acceptors (Lipinski definition) is 2. The van der Waals surface area contributed by atoms with Crippen molar-refractivity contribution in [2.24, 2.45) is 7.05 Å². The van der Waals surface area contributed by atoms with Gasteiger partial charge in [0.15, 0.2) is 0 Å². The third-order valence-corrected chi connectivity index (χ3v) is 3.14. The SMILES string of the molecule is CC(=O)N1CCC[C@@H](c2cncn2C)C1. The molecule has 0 aromatic carbocycles. The van der Waals surface area contributed by atoms with Gasteiger partial charge in [-0.2, -0.15) is 0 Å². The molecular formula is C11H17N3O. The summed E-state index contributed by atoms with van der Waals surface area (Å²) >= 11 is 0. The fourth-order valence-electron chi connectivity index (χ4n) is 2.27. The molecule has 4 nitrogen and oxygen atoms in total. The Balaban J connectivity index is 2.11. The first kappa shape index (κ1) is 10.2. The van der Waals surface area contributed by atoms with E-state index in [4.69, 9.17) is 0 Å². The number of likely N-dealkylation sites (tertiary alicyclic amines) is 1. The molecule has 1 fully saturated rings. The van der Waals surface area contributed by atoms with Crippen molar-refractivity contribution >= 4 is 5.91 Å². The van der Waals surface area contributed by atoms with Gasteiger partial charge in [-0.3, -0.25) is 4.79 Å². The molecule has 0 saturated carbocycles. The van der Waals surface area contributed by atoms with E-state index in [-0.39, 0.29) is 5.91 Å². The van der Waals surface area contributed by atoms with Crippen molar-refractivity contribution in [3.05, 3.63) is 18.2 Å². The maximum Gasteiger partial charge on any atom is 0.219 e. The maximum absolute atomic E-state index is 11.3. The molecule has 82 valence electrons. The van der Waals surface area contributed by atoms with Crippen LogP contribution in [0.15, 0.2) is 12.5 Å². The average Bonchev–Trinajstić information content (AvgIpc) is 2.64. The summed E-state index contributed by atoms with van der Waals surface area (Å²) in [6.45, 7) is 3.39. The number of piperidine rings is 1. The highest BCUT2D eigenvalue weighted by molar-refractivity contribution is 5.73. The van der Waals surface area contributed by atoms with Gasteiger partial charge in [0.2, 0.25) is 5.91 Å². The lowest BCUT2D eigenvalue weighted by molar-refractivity contribution is -0.130. The first-order valence-electron chi connectivity index (χ1n) is 5.40. The molecule has 1 aliphatic rings. The van der Waals surface area contributed by atoms with Crippen molar-refractivity contribution in [2.45, 2.75) is 25.7 Å². The van der Waals surface area contributed by atoms with Crippen LogP contribution in [0.1, 0.15) is 31.4 Å². The number of aromatic nitrogens is 2. The molecule has 0 bridgehead atoms. The summed E-state index contributed by atoms with van der Waals surface area (Å²) in [7, 11) is 2.01. The number of carbonyl (C=O) groups excluding carboxylic acids is 1. The third kappa shape index (κ3) is 2.03. The van der Waals surface area contributed by atoms with E-state index >= 15 is 0 Å². The molecule has 15 heavy (non-hydrogen) atoms. The number of nitrogens with zero attached hydrogens (tertiary/aromatic N) is 3. The fourth-order valence-corrected chi connectivity index (χ4v) is 2.27. The highest BCUT2D eigenvalue weighted by Crippen LogP contribution is 2.26. The van der Waals surface area contributed by atoms with Gasteiger partial charge in [-0.05, 0) is 12.8 Å². The zero-order chi connectivity index (χ0) is 10.8. The van der Waals surface area contributed by atoms with Crippen LogP contribution in [0.4, 0.5) is 0 Å². The van der Waals surface area contributed by atoms with Gasteiger partial charge in [0.25, 0.3) is 0 Å². The second kappa shape index (κ2) is 4.04. The van der Waals surface area contributed by atoms with E-state index in [1.165, 1.54) is 5.69 Å². The van der Waals surface area contributed by atoms with Crippen molar-refractivity contribution < 1.29 is 4.79 Å². The summed E-state index contributed by atoms with van der Waals surface area (Å²) in [4.78, 5) is 17.4. The first-order valence-corrected chi connectivity index (χ1v) is 5.40. The largest absolute Gasteiger partial charge is 0.342 e. The van der Waals surface area contributed by atoms with Crippen LogP contribution >= 0.6 is 0 Å². The lowest BCUT2D eigenvalue weighted by Crippen LogP contribution is -2.38. The van der Waals surface area contributed by atoms with Crippen LogP contribution in [-0.2, 0) is 11.8 Å². The molecular weight excluding hydrogens is 190 g/mol. The Morgan fingerprint density at radius 3 is 3.00 bits per heavy atom. The molecule has 0 radical (unpaired) electrons. The van der Waals surface area contributed by atoms with Gasteiger partial charge in [-0.25, -0.2) is 4.98 Å². The monoisotopic (exact) mass is 207 g/mol. The lowest BCUT2D eigenvalue weighted by atomic mass is 9.95. The van der Waals surface area contributed by atoms with Gasteiger partial charge >= 0.3 is 0 Å². The molecule has 2 heterocycles. The molecule has 1 amide bonds. The summed E-state index contributed by atoms with van der Waals surface area (Å²) in [6, 6.07) is 0. The van der Waals surface area contributed by atoms with Crippen molar-refractivity contribution in [3.8, 4) is 0 Å². The number of aryl methyl sites for hydroxylation is 1. The summed E-state index contributed by atoms with van der Waals surface area (Å²) in [5.41, 5.74) is 1.24. The second-order valence-electron chi connectivity index (χ2n) is 4.23. The number of imidazole rings is 1. The van der Waals surface area contributed by atoms with E-state index in [0.717, 1.165) is 25.9 Å². The third-order valence-electron chi connectivity index (χ3n) is 3.14. The van der Waals surface area contributed by atoms with Crippen LogP contribution in [0.3, 0.4) is 0 Å².